The van der Waals surface area contributed by atoms with Crippen molar-refractivity contribution in [2.75, 3.05) is 13.2 Å². The van der Waals surface area contributed by atoms with E-state index in [9.17, 15) is 4.79 Å². The highest BCUT2D eigenvalue weighted by molar-refractivity contribution is 5.81. The van der Waals surface area contributed by atoms with Gasteiger partial charge in [-0.2, -0.15) is 0 Å². The van der Waals surface area contributed by atoms with Crippen LogP contribution in [-0.2, 0) is 9.53 Å². The van der Waals surface area contributed by atoms with Crippen molar-refractivity contribution < 1.29 is 9.53 Å². The van der Waals surface area contributed by atoms with Crippen molar-refractivity contribution in [3.05, 3.63) is 0 Å². The molecule has 14 heavy (non-hydrogen) atoms. The number of carbonyl (C=O) groups is 1. The third kappa shape index (κ3) is 3.41. The van der Waals surface area contributed by atoms with Gasteiger partial charge in [0.05, 0.1) is 0 Å². The predicted octanol–water partition coefficient (Wildman–Crippen LogP) is 2.81. The largest absolute Gasteiger partial charge is 0.381 e. The van der Waals surface area contributed by atoms with Crippen molar-refractivity contribution in [3.8, 4) is 0 Å². The molecule has 1 aliphatic rings. The maximum atomic E-state index is 11.9. The molecule has 0 spiro atoms. The van der Waals surface area contributed by atoms with Crippen LogP contribution in [0.25, 0.3) is 0 Å². The average Bonchev–Trinajstić information content (AvgIpc) is 2.26. The molecule has 0 aromatic heterocycles. The van der Waals surface area contributed by atoms with Crippen molar-refractivity contribution in [2.24, 2.45) is 11.8 Å². The van der Waals surface area contributed by atoms with Crippen LogP contribution in [0.4, 0.5) is 0 Å². The molecule has 0 amide bonds. The second-order valence-electron chi connectivity index (χ2n) is 4.24. The van der Waals surface area contributed by atoms with Crippen molar-refractivity contribution in [1.29, 1.82) is 0 Å². The van der Waals surface area contributed by atoms with Gasteiger partial charge in [-0.1, -0.05) is 26.7 Å². The summed E-state index contributed by atoms with van der Waals surface area (Å²) >= 11 is 0. The van der Waals surface area contributed by atoms with Gasteiger partial charge in [0.1, 0.15) is 5.78 Å². The molecule has 0 aliphatic carbocycles. The second-order valence-corrected chi connectivity index (χ2v) is 4.24. The van der Waals surface area contributed by atoms with E-state index in [1.165, 1.54) is 0 Å². The van der Waals surface area contributed by atoms with Gasteiger partial charge in [-0.05, 0) is 18.8 Å². The van der Waals surface area contributed by atoms with Crippen LogP contribution in [0, 0.1) is 11.8 Å². The molecule has 1 saturated heterocycles. The highest BCUT2D eigenvalue weighted by Gasteiger charge is 2.22. The lowest BCUT2D eigenvalue weighted by molar-refractivity contribution is -0.126. The second kappa shape index (κ2) is 6.18. The highest BCUT2D eigenvalue weighted by atomic mass is 16.5. The fraction of sp³-hybridized carbons (Fsp3) is 0.917. The Hall–Kier alpha value is -0.370. The topological polar surface area (TPSA) is 26.3 Å². The van der Waals surface area contributed by atoms with Crippen molar-refractivity contribution in [3.63, 3.8) is 0 Å². The minimum absolute atomic E-state index is 0.296. The number of rotatable bonds is 5. The number of hydrogen-bond acceptors (Lipinski definition) is 2. The summed E-state index contributed by atoms with van der Waals surface area (Å²) in [5.41, 5.74) is 0. The van der Waals surface area contributed by atoms with Crippen molar-refractivity contribution >= 4 is 5.78 Å². The van der Waals surface area contributed by atoms with E-state index >= 15 is 0 Å². The van der Waals surface area contributed by atoms with Crippen LogP contribution in [0.1, 0.15) is 46.0 Å². The molecular formula is C12H22O2. The molecular weight excluding hydrogens is 176 g/mol. The van der Waals surface area contributed by atoms with E-state index in [2.05, 4.69) is 13.8 Å². The normalized spacial score (nSPS) is 18.8. The summed E-state index contributed by atoms with van der Waals surface area (Å²) in [4.78, 5) is 11.9. The molecule has 0 aromatic carbocycles. The Balaban J connectivity index is 2.32. The van der Waals surface area contributed by atoms with Crippen molar-refractivity contribution in [1.82, 2.24) is 0 Å². The maximum Gasteiger partial charge on any atom is 0.136 e. The Morgan fingerprint density at radius 1 is 1.29 bits per heavy atom. The number of ether oxygens (including phenoxy) is 1. The molecule has 0 radical (unpaired) electrons. The molecule has 0 aromatic rings. The monoisotopic (exact) mass is 198 g/mol. The summed E-state index contributed by atoms with van der Waals surface area (Å²) in [7, 11) is 0. The summed E-state index contributed by atoms with van der Waals surface area (Å²) in [5, 5.41) is 0. The fourth-order valence-corrected chi connectivity index (χ4v) is 2.05. The molecule has 0 atom stereocenters. The lowest BCUT2D eigenvalue weighted by atomic mass is 9.87. The first-order chi connectivity index (χ1) is 6.77. The minimum Gasteiger partial charge on any atom is -0.381 e. The van der Waals surface area contributed by atoms with E-state index in [0.29, 0.717) is 17.6 Å². The van der Waals surface area contributed by atoms with Gasteiger partial charge in [0.25, 0.3) is 0 Å². The van der Waals surface area contributed by atoms with Crippen LogP contribution in [-0.4, -0.2) is 19.0 Å². The van der Waals surface area contributed by atoms with Gasteiger partial charge in [0.15, 0.2) is 0 Å². The molecule has 1 fully saturated rings. The Kier molecular flexibility index (Phi) is 5.16. The average molecular weight is 198 g/mol. The van der Waals surface area contributed by atoms with E-state index < -0.39 is 0 Å². The smallest absolute Gasteiger partial charge is 0.136 e. The lowest BCUT2D eigenvalue weighted by Gasteiger charge is -2.22. The quantitative estimate of drug-likeness (QED) is 0.679. The third-order valence-corrected chi connectivity index (χ3v) is 3.32. The minimum atomic E-state index is 0.296. The van der Waals surface area contributed by atoms with E-state index in [1.807, 2.05) is 0 Å². The molecule has 1 heterocycles. The van der Waals surface area contributed by atoms with Crippen LogP contribution in [0.3, 0.4) is 0 Å². The van der Waals surface area contributed by atoms with Gasteiger partial charge in [0, 0.05) is 25.6 Å². The molecule has 2 nitrogen and oxygen atoms in total. The van der Waals surface area contributed by atoms with Crippen LogP contribution in [0.15, 0.2) is 0 Å². The van der Waals surface area contributed by atoms with E-state index in [4.69, 9.17) is 4.74 Å². The maximum absolute atomic E-state index is 11.9. The zero-order chi connectivity index (χ0) is 10.4. The molecule has 0 bridgehead atoms. The molecule has 0 unspecified atom stereocenters. The molecule has 82 valence electrons. The summed E-state index contributed by atoms with van der Waals surface area (Å²) in [5.74, 6) is 1.37. The van der Waals surface area contributed by atoms with Crippen LogP contribution in [0.2, 0.25) is 0 Å². The molecule has 2 heteroatoms. The van der Waals surface area contributed by atoms with Gasteiger partial charge >= 0.3 is 0 Å². The third-order valence-electron chi connectivity index (χ3n) is 3.32. The van der Waals surface area contributed by atoms with Gasteiger partial charge in [-0.15, -0.1) is 0 Å². The standard InChI is InChI=1S/C12H22O2/c1-3-10(4-2)9-12(13)11-5-7-14-8-6-11/h10-11H,3-9H2,1-2H3. The van der Waals surface area contributed by atoms with E-state index in [0.717, 1.165) is 45.3 Å². The van der Waals surface area contributed by atoms with Gasteiger partial charge in [0.2, 0.25) is 0 Å². The summed E-state index contributed by atoms with van der Waals surface area (Å²) in [6, 6.07) is 0. The Bertz CT molecular complexity index is 167. The summed E-state index contributed by atoms with van der Waals surface area (Å²) < 4.78 is 5.26. The predicted molar refractivity (Wildman–Crippen MR) is 57.2 cm³/mol. The summed E-state index contributed by atoms with van der Waals surface area (Å²) in [6.45, 7) is 5.90. The number of hydrogen-bond donors (Lipinski definition) is 0. The molecule has 0 N–H and O–H groups in total. The van der Waals surface area contributed by atoms with Gasteiger partial charge in [-0.3, -0.25) is 4.79 Å². The highest BCUT2D eigenvalue weighted by Crippen LogP contribution is 2.22. The zero-order valence-electron chi connectivity index (χ0n) is 9.42. The van der Waals surface area contributed by atoms with Crippen LogP contribution >= 0.6 is 0 Å². The number of carbonyl (C=O) groups excluding carboxylic acids is 1. The first kappa shape index (κ1) is 11.7. The fourth-order valence-electron chi connectivity index (χ4n) is 2.05. The molecule has 1 aliphatic heterocycles. The number of ketones is 1. The van der Waals surface area contributed by atoms with Crippen LogP contribution in [0.5, 0.6) is 0 Å². The van der Waals surface area contributed by atoms with Gasteiger partial charge in [-0.25, -0.2) is 0 Å². The Morgan fingerprint density at radius 2 is 1.86 bits per heavy atom. The first-order valence-corrected chi connectivity index (χ1v) is 5.88. The summed E-state index contributed by atoms with van der Waals surface area (Å²) in [6.07, 6.45) is 4.94. The Morgan fingerprint density at radius 3 is 2.36 bits per heavy atom. The SMILES string of the molecule is CCC(CC)CC(=O)C1CCOCC1. The number of Topliss-reactive ketones (excluding diaryl/α,β-unsaturated/α-hetero) is 1. The van der Waals surface area contributed by atoms with E-state index in [1.54, 1.807) is 0 Å². The first-order valence-electron chi connectivity index (χ1n) is 5.88. The molecule has 0 saturated carbocycles. The Labute approximate surface area is 87.0 Å². The van der Waals surface area contributed by atoms with Crippen molar-refractivity contribution in [2.45, 2.75) is 46.0 Å². The van der Waals surface area contributed by atoms with Gasteiger partial charge < -0.3 is 4.74 Å². The molecule has 1 rings (SSSR count). The zero-order valence-corrected chi connectivity index (χ0v) is 9.42. The van der Waals surface area contributed by atoms with E-state index in [-0.39, 0.29) is 0 Å². The lowest BCUT2D eigenvalue weighted by Crippen LogP contribution is -2.24. The van der Waals surface area contributed by atoms with Crippen LogP contribution < -0.4 is 0 Å².